The molecule has 0 nitrogen and oxygen atoms in total. The molecule has 0 spiro atoms. The second-order valence-electron chi connectivity index (χ2n) is 3.42. The molecule has 0 aliphatic rings. The van der Waals surface area contributed by atoms with Crippen LogP contribution in [0.25, 0.3) is 0 Å². The van der Waals surface area contributed by atoms with Gasteiger partial charge in [-0.1, -0.05) is 0 Å². The van der Waals surface area contributed by atoms with Crippen molar-refractivity contribution < 1.29 is 0 Å². The van der Waals surface area contributed by atoms with Crippen LogP contribution in [0.2, 0.25) is 3.93 Å². The van der Waals surface area contributed by atoms with Crippen LogP contribution < -0.4 is 0 Å². The van der Waals surface area contributed by atoms with Crippen LogP contribution in [-0.2, 0) is 0 Å². The first-order chi connectivity index (χ1) is 5.81. The van der Waals surface area contributed by atoms with Gasteiger partial charge in [0, 0.05) is 0 Å². The van der Waals surface area contributed by atoms with Crippen molar-refractivity contribution >= 4 is 22.5 Å². The van der Waals surface area contributed by atoms with Crippen LogP contribution in [0.5, 0.6) is 0 Å². The zero-order valence-corrected chi connectivity index (χ0v) is 11.2. The summed E-state index contributed by atoms with van der Waals surface area (Å²) in [5, 5.41) is 0. The summed E-state index contributed by atoms with van der Waals surface area (Å²) >= 11 is 1.69. The Labute approximate surface area is 90.9 Å². The number of rotatable bonds is 8. The summed E-state index contributed by atoms with van der Waals surface area (Å²) in [6, 6.07) is 0. The number of allylic oxidation sites excluding steroid dienone is 1. The molecule has 12 heavy (non-hydrogen) atoms. The monoisotopic (exact) mass is 273 g/mol. The molecule has 1 heteroatoms. The molecule has 0 aliphatic heterocycles. The Hall–Kier alpha value is 0.539. The molecule has 1 atom stereocenters. The maximum atomic E-state index is 3.77. The van der Waals surface area contributed by atoms with Crippen molar-refractivity contribution in [3.63, 3.8) is 0 Å². The quantitative estimate of drug-likeness (QED) is 0.357. The second-order valence-corrected chi connectivity index (χ2v) is 5.75. The summed E-state index contributed by atoms with van der Waals surface area (Å²) in [5.74, 6) is 0. The molecule has 0 amide bonds. The van der Waals surface area contributed by atoms with Gasteiger partial charge in [0.2, 0.25) is 0 Å². The van der Waals surface area contributed by atoms with Crippen LogP contribution in [0.3, 0.4) is 0 Å². The predicted octanol–water partition coefficient (Wildman–Crippen LogP) is 3.88. The third-order valence-electron chi connectivity index (χ3n) is 2.11. The van der Waals surface area contributed by atoms with Gasteiger partial charge in [0.05, 0.1) is 0 Å². The van der Waals surface area contributed by atoms with E-state index in [9.17, 15) is 0 Å². The molecular weight excluding hydrogens is 251 g/mol. The molecule has 0 aromatic rings. The molecule has 0 fully saturated rings. The summed E-state index contributed by atoms with van der Waals surface area (Å²) in [4.78, 5) is 0. The topological polar surface area (TPSA) is 0 Å². The molecule has 0 saturated heterocycles. The van der Waals surface area contributed by atoms with Gasteiger partial charge in [-0.25, -0.2) is 0 Å². The van der Waals surface area contributed by atoms with E-state index >= 15 is 0 Å². The van der Waals surface area contributed by atoms with E-state index < -0.39 is 0 Å². The van der Waals surface area contributed by atoms with E-state index in [4.69, 9.17) is 0 Å². The Kier molecular flexibility index (Phi) is 10.1. The van der Waals surface area contributed by atoms with E-state index in [1.165, 1.54) is 44.9 Å². The van der Waals surface area contributed by atoms with Gasteiger partial charge in [-0.2, -0.15) is 0 Å². The van der Waals surface area contributed by atoms with Crippen LogP contribution in [0.4, 0.5) is 0 Å². The fourth-order valence-electron chi connectivity index (χ4n) is 1.31. The number of hydrogen-bond donors (Lipinski definition) is 0. The first kappa shape index (κ1) is 12.5. The Morgan fingerprint density at radius 3 is 2.50 bits per heavy atom. The molecule has 0 rings (SSSR count). The van der Waals surface area contributed by atoms with Gasteiger partial charge in [-0.15, -0.1) is 0 Å². The first-order valence-electron chi connectivity index (χ1n) is 5.13. The van der Waals surface area contributed by atoms with Crippen LogP contribution in [0.15, 0.2) is 12.7 Å². The molecule has 0 N–H and O–H groups in total. The van der Waals surface area contributed by atoms with Crippen molar-refractivity contribution in [2.45, 2.75) is 55.8 Å². The Morgan fingerprint density at radius 1 is 1.25 bits per heavy atom. The first-order valence-corrected chi connectivity index (χ1v) is 6.78. The number of hydrogen-bond acceptors (Lipinski definition) is 0. The van der Waals surface area contributed by atoms with Crippen LogP contribution in [0.1, 0.15) is 51.9 Å². The maximum absolute atomic E-state index is 3.77. The zero-order chi connectivity index (χ0) is 9.23. The van der Waals surface area contributed by atoms with E-state index in [2.05, 4.69) is 19.6 Å². The summed E-state index contributed by atoms with van der Waals surface area (Å²) < 4.78 is 0.941. The van der Waals surface area contributed by atoms with Gasteiger partial charge in [-0.3, -0.25) is 0 Å². The zero-order valence-electron chi connectivity index (χ0n) is 8.31. The van der Waals surface area contributed by atoms with Gasteiger partial charge in [0.1, 0.15) is 0 Å². The van der Waals surface area contributed by atoms with E-state index in [1.807, 2.05) is 0 Å². The fraction of sp³-hybridized carbons (Fsp3) is 0.818. The third kappa shape index (κ3) is 8.63. The molecule has 0 aromatic carbocycles. The Balaban J connectivity index is 3.02. The van der Waals surface area contributed by atoms with Crippen LogP contribution >= 0.6 is 0 Å². The molecule has 0 aliphatic carbocycles. The Morgan fingerprint density at radius 2 is 1.92 bits per heavy atom. The molecular formula is C11H21Sn. The number of unbranched alkanes of at least 4 members (excludes halogenated alkanes) is 4. The van der Waals surface area contributed by atoms with Crippen molar-refractivity contribution in [2.75, 3.05) is 0 Å². The average Bonchev–Trinajstić information content (AvgIpc) is 2.05. The SMILES string of the molecule is C=CC[CH]([Sn])CCCCCCC. The standard InChI is InChI=1S/C11H21.Sn/c1-3-5-7-9-11-10-8-6-4-2;/h3,7H,1,4-6,8-11H2,2H3;. The van der Waals surface area contributed by atoms with Crippen molar-refractivity contribution in [3.05, 3.63) is 12.7 Å². The molecule has 3 radical (unpaired) electrons. The van der Waals surface area contributed by atoms with Gasteiger partial charge >= 0.3 is 91.0 Å². The van der Waals surface area contributed by atoms with Gasteiger partial charge in [0.25, 0.3) is 0 Å². The Bertz CT molecular complexity index is 99.2. The molecule has 69 valence electrons. The van der Waals surface area contributed by atoms with E-state index in [-0.39, 0.29) is 0 Å². The van der Waals surface area contributed by atoms with Gasteiger partial charge < -0.3 is 0 Å². The average molecular weight is 272 g/mol. The second kappa shape index (κ2) is 9.63. The predicted molar refractivity (Wildman–Crippen MR) is 57.7 cm³/mol. The van der Waals surface area contributed by atoms with E-state index in [0.717, 1.165) is 3.93 Å². The molecule has 0 bridgehead atoms. The van der Waals surface area contributed by atoms with Crippen LogP contribution in [0, 0.1) is 0 Å². The summed E-state index contributed by atoms with van der Waals surface area (Å²) in [5.41, 5.74) is 0. The molecule has 1 unspecified atom stereocenters. The molecule has 0 saturated carbocycles. The third-order valence-corrected chi connectivity index (χ3v) is 3.60. The summed E-state index contributed by atoms with van der Waals surface area (Å²) in [7, 11) is 0. The van der Waals surface area contributed by atoms with Gasteiger partial charge in [0.15, 0.2) is 0 Å². The fourth-order valence-corrected chi connectivity index (χ4v) is 2.37. The van der Waals surface area contributed by atoms with Crippen molar-refractivity contribution in [1.29, 1.82) is 0 Å². The summed E-state index contributed by atoms with van der Waals surface area (Å²) in [6.45, 7) is 6.04. The van der Waals surface area contributed by atoms with E-state index in [0.29, 0.717) is 0 Å². The van der Waals surface area contributed by atoms with Crippen LogP contribution in [-0.4, -0.2) is 22.5 Å². The normalized spacial score (nSPS) is 12.8. The van der Waals surface area contributed by atoms with Crippen molar-refractivity contribution in [2.24, 2.45) is 0 Å². The van der Waals surface area contributed by atoms with Crippen molar-refractivity contribution in [3.8, 4) is 0 Å². The minimum atomic E-state index is 0.941. The van der Waals surface area contributed by atoms with Crippen molar-refractivity contribution in [1.82, 2.24) is 0 Å². The minimum absolute atomic E-state index is 0.941. The van der Waals surface area contributed by atoms with Gasteiger partial charge in [-0.05, 0) is 0 Å². The molecule has 0 aromatic heterocycles. The van der Waals surface area contributed by atoms with E-state index in [1.54, 1.807) is 22.5 Å². The molecule has 0 heterocycles. The summed E-state index contributed by atoms with van der Waals surface area (Å²) in [6.07, 6.45) is 11.8.